The standard InChI is InChI=1S/C20H28N4O5S2/c1-6-29-20(26)17-12(2)14(4)30-19(17)22-18(25)15-8-7-9-24(11-15)31(27,28)16-10-21-23(5)13(16)3/h10,15H,6-9,11H2,1-5H3,(H,22,25). The normalized spacial score (nSPS) is 17.5. The Morgan fingerprint density at radius 3 is 2.65 bits per heavy atom. The van der Waals surface area contributed by atoms with Crippen molar-refractivity contribution in [2.75, 3.05) is 25.0 Å². The highest BCUT2D eigenvalue weighted by Gasteiger charge is 2.35. The molecule has 9 nitrogen and oxygen atoms in total. The summed E-state index contributed by atoms with van der Waals surface area (Å²) in [6, 6.07) is 0. The molecule has 1 saturated heterocycles. The Bertz CT molecular complexity index is 1100. The molecule has 0 bridgehead atoms. The summed E-state index contributed by atoms with van der Waals surface area (Å²) in [7, 11) is -2.06. The van der Waals surface area contributed by atoms with Crippen LogP contribution >= 0.6 is 11.3 Å². The van der Waals surface area contributed by atoms with Crippen LogP contribution in [0.3, 0.4) is 0 Å². The lowest BCUT2D eigenvalue weighted by molar-refractivity contribution is -0.120. The lowest BCUT2D eigenvalue weighted by Gasteiger charge is -2.31. The summed E-state index contributed by atoms with van der Waals surface area (Å²) in [5, 5.41) is 7.32. The molecule has 1 fully saturated rings. The zero-order chi connectivity index (χ0) is 22.9. The van der Waals surface area contributed by atoms with Gasteiger partial charge in [-0.1, -0.05) is 0 Å². The molecule has 1 atom stereocenters. The number of nitrogens with zero attached hydrogens (tertiary/aromatic N) is 3. The Kier molecular flexibility index (Phi) is 6.87. The highest BCUT2D eigenvalue weighted by Crippen LogP contribution is 2.34. The first kappa shape index (κ1) is 23.4. The molecule has 0 spiro atoms. The molecular formula is C20H28N4O5S2. The van der Waals surface area contributed by atoms with Crippen molar-refractivity contribution in [2.45, 2.75) is 45.4 Å². The Hall–Kier alpha value is -2.24. The highest BCUT2D eigenvalue weighted by molar-refractivity contribution is 7.89. The third-order valence-electron chi connectivity index (χ3n) is 5.66. The van der Waals surface area contributed by atoms with Crippen LogP contribution in [-0.4, -0.2) is 54.1 Å². The van der Waals surface area contributed by atoms with Gasteiger partial charge in [-0.05, 0) is 46.1 Å². The lowest BCUT2D eigenvalue weighted by atomic mass is 9.99. The predicted molar refractivity (Wildman–Crippen MR) is 118 cm³/mol. The van der Waals surface area contributed by atoms with E-state index in [1.54, 1.807) is 20.9 Å². The minimum Gasteiger partial charge on any atom is -0.462 e. The SMILES string of the molecule is CCOC(=O)c1c(NC(=O)C2CCCN(S(=O)(=O)c3cnn(C)c3C)C2)sc(C)c1C. The molecule has 0 saturated carbocycles. The summed E-state index contributed by atoms with van der Waals surface area (Å²) < 4.78 is 34.2. The lowest BCUT2D eigenvalue weighted by Crippen LogP contribution is -2.43. The maximum absolute atomic E-state index is 13.1. The molecule has 0 radical (unpaired) electrons. The summed E-state index contributed by atoms with van der Waals surface area (Å²) in [5.74, 6) is -1.28. The van der Waals surface area contributed by atoms with Gasteiger partial charge in [0.1, 0.15) is 9.90 Å². The van der Waals surface area contributed by atoms with Crippen LogP contribution in [0.2, 0.25) is 0 Å². The number of ether oxygens (including phenoxy) is 1. The van der Waals surface area contributed by atoms with Crippen LogP contribution < -0.4 is 5.32 Å². The van der Waals surface area contributed by atoms with Crippen molar-refractivity contribution in [2.24, 2.45) is 13.0 Å². The Morgan fingerprint density at radius 1 is 1.32 bits per heavy atom. The molecule has 31 heavy (non-hydrogen) atoms. The van der Waals surface area contributed by atoms with Gasteiger partial charge in [-0.3, -0.25) is 9.48 Å². The molecule has 1 amide bonds. The number of sulfonamides is 1. The molecule has 1 aliphatic rings. The fraction of sp³-hybridized carbons (Fsp3) is 0.550. The van der Waals surface area contributed by atoms with E-state index in [0.29, 0.717) is 35.6 Å². The second-order valence-corrected chi connectivity index (χ2v) is 10.7. The van der Waals surface area contributed by atoms with E-state index in [4.69, 9.17) is 4.74 Å². The Labute approximate surface area is 186 Å². The number of carbonyl (C=O) groups is 2. The van der Waals surface area contributed by atoms with Gasteiger partial charge in [0.25, 0.3) is 0 Å². The number of carbonyl (C=O) groups excluding carboxylic acids is 2. The second-order valence-electron chi connectivity index (χ2n) is 7.62. The zero-order valence-electron chi connectivity index (χ0n) is 18.4. The predicted octanol–water partition coefficient (Wildman–Crippen LogP) is 2.62. The topological polar surface area (TPSA) is 111 Å². The second kappa shape index (κ2) is 9.09. The van der Waals surface area contributed by atoms with E-state index >= 15 is 0 Å². The van der Waals surface area contributed by atoms with Crippen LogP contribution in [0.5, 0.6) is 0 Å². The van der Waals surface area contributed by atoms with Crippen molar-refractivity contribution >= 4 is 38.2 Å². The van der Waals surface area contributed by atoms with E-state index in [9.17, 15) is 18.0 Å². The monoisotopic (exact) mass is 468 g/mol. The van der Waals surface area contributed by atoms with Crippen LogP contribution in [0.25, 0.3) is 0 Å². The molecular weight excluding hydrogens is 440 g/mol. The third kappa shape index (κ3) is 4.53. The summed E-state index contributed by atoms with van der Waals surface area (Å²) >= 11 is 1.32. The average molecular weight is 469 g/mol. The van der Waals surface area contributed by atoms with E-state index in [1.165, 1.54) is 26.5 Å². The fourth-order valence-electron chi connectivity index (χ4n) is 3.62. The number of amides is 1. The molecule has 1 unspecified atom stereocenters. The van der Waals surface area contributed by atoms with E-state index in [1.807, 2.05) is 13.8 Å². The third-order valence-corrected chi connectivity index (χ3v) is 8.76. The summed E-state index contributed by atoms with van der Waals surface area (Å²) in [6.45, 7) is 7.80. The first-order valence-corrected chi connectivity index (χ1v) is 12.4. The van der Waals surface area contributed by atoms with Gasteiger partial charge in [0.2, 0.25) is 15.9 Å². The Balaban J connectivity index is 1.79. The minimum absolute atomic E-state index is 0.0839. The van der Waals surface area contributed by atoms with Gasteiger partial charge in [0.15, 0.2) is 0 Å². The summed E-state index contributed by atoms with van der Waals surface area (Å²) in [4.78, 5) is 26.4. The van der Waals surface area contributed by atoms with Gasteiger partial charge < -0.3 is 10.1 Å². The Morgan fingerprint density at radius 2 is 2.03 bits per heavy atom. The molecule has 2 aromatic rings. The first-order valence-electron chi connectivity index (χ1n) is 10.1. The van der Waals surface area contributed by atoms with Gasteiger partial charge in [-0.25, -0.2) is 13.2 Å². The van der Waals surface area contributed by atoms with Crippen molar-refractivity contribution in [1.82, 2.24) is 14.1 Å². The van der Waals surface area contributed by atoms with E-state index < -0.39 is 21.9 Å². The molecule has 1 aliphatic heterocycles. The maximum Gasteiger partial charge on any atom is 0.341 e. The van der Waals surface area contributed by atoms with Crippen LogP contribution in [0, 0.1) is 26.7 Å². The smallest absolute Gasteiger partial charge is 0.341 e. The van der Waals surface area contributed by atoms with Gasteiger partial charge in [-0.15, -0.1) is 11.3 Å². The molecule has 3 rings (SSSR count). The van der Waals surface area contributed by atoms with Crippen molar-refractivity contribution in [3.63, 3.8) is 0 Å². The number of nitrogens with one attached hydrogen (secondary N) is 1. The van der Waals surface area contributed by atoms with E-state index in [-0.39, 0.29) is 24.0 Å². The number of aromatic nitrogens is 2. The zero-order valence-corrected chi connectivity index (χ0v) is 20.0. The molecule has 2 aromatic heterocycles. The highest BCUT2D eigenvalue weighted by atomic mass is 32.2. The van der Waals surface area contributed by atoms with Crippen molar-refractivity contribution in [3.8, 4) is 0 Å². The number of thiophene rings is 1. The average Bonchev–Trinajstić information content (AvgIpc) is 3.21. The number of hydrogen-bond donors (Lipinski definition) is 1. The van der Waals surface area contributed by atoms with Gasteiger partial charge in [0, 0.05) is 25.0 Å². The molecule has 3 heterocycles. The molecule has 11 heteroatoms. The van der Waals surface area contributed by atoms with Crippen LogP contribution in [0.4, 0.5) is 5.00 Å². The van der Waals surface area contributed by atoms with Crippen molar-refractivity contribution < 1.29 is 22.7 Å². The van der Waals surface area contributed by atoms with Crippen LogP contribution in [0.1, 0.15) is 46.3 Å². The minimum atomic E-state index is -3.74. The summed E-state index contributed by atoms with van der Waals surface area (Å²) in [6.07, 6.45) is 2.49. The van der Waals surface area contributed by atoms with Crippen molar-refractivity contribution in [3.05, 3.63) is 27.9 Å². The number of piperidine rings is 1. The fourth-order valence-corrected chi connectivity index (χ4v) is 6.38. The molecule has 1 N–H and O–H groups in total. The van der Waals surface area contributed by atoms with E-state index in [0.717, 1.165) is 10.4 Å². The quantitative estimate of drug-likeness (QED) is 0.653. The molecule has 0 aliphatic carbocycles. The van der Waals surface area contributed by atoms with E-state index in [2.05, 4.69) is 10.4 Å². The van der Waals surface area contributed by atoms with Gasteiger partial charge in [-0.2, -0.15) is 9.40 Å². The largest absolute Gasteiger partial charge is 0.462 e. The number of rotatable bonds is 6. The number of anilines is 1. The number of hydrogen-bond acceptors (Lipinski definition) is 7. The first-order chi connectivity index (χ1) is 14.6. The van der Waals surface area contributed by atoms with Crippen molar-refractivity contribution in [1.29, 1.82) is 0 Å². The number of aryl methyl sites for hydroxylation is 2. The maximum atomic E-state index is 13.1. The molecule has 0 aromatic carbocycles. The summed E-state index contributed by atoms with van der Waals surface area (Å²) in [5.41, 5.74) is 1.69. The number of esters is 1. The van der Waals surface area contributed by atoms with Gasteiger partial charge >= 0.3 is 5.97 Å². The molecule has 170 valence electrons. The van der Waals surface area contributed by atoms with Crippen LogP contribution in [-0.2, 0) is 26.6 Å². The van der Waals surface area contributed by atoms with Crippen LogP contribution in [0.15, 0.2) is 11.1 Å². The van der Waals surface area contributed by atoms with Gasteiger partial charge in [0.05, 0.1) is 30.0 Å².